The van der Waals surface area contributed by atoms with Gasteiger partial charge in [-0.05, 0) is 0 Å². The number of rotatable bonds is 2. The molecule has 1 heterocycles. The zero-order chi connectivity index (χ0) is 14.9. The van der Waals surface area contributed by atoms with Gasteiger partial charge in [0.1, 0.15) is 0 Å². The summed E-state index contributed by atoms with van der Waals surface area (Å²) in [5, 5.41) is 14.0. The van der Waals surface area contributed by atoms with Gasteiger partial charge in [-0.15, -0.1) is 0 Å². The van der Waals surface area contributed by atoms with Crippen LogP contribution in [0.1, 0.15) is 6.92 Å². The SMILES string of the molecule is CC1(CN)CNCCNCC(I)(CN)CNCCNC1. The molecule has 0 spiro atoms. The highest BCUT2D eigenvalue weighted by Gasteiger charge is 2.25. The van der Waals surface area contributed by atoms with E-state index in [-0.39, 0.29) is 8.84 Å². The average molecular weight is 398 g/mol. The van der Waals surface area contributed by atoms with Crippen molar-refractivity contribution in [3.8, 4) is 0 Å². The molecule has 8 N–H and O–H groups in total. The van der Waals surface area contributed by atoms with Crippen molar-refractivity contribution in [1.29, 1.82) is 0 Å². The lowest BCUT2D eigenvalue weighted by Gasteiger charge is -2.30. The first-order valence-corrected chi connectivity index (χ1v) is 8.53. The van der Waals surface area contributed by atoms with E-state index in [1.807, 2.05) is 0 Å². The fourth-order valence-electron chi connectivity index (χ4n) is 2.17. The van der Waals surface area contributed by atoms with Crippen LogP contribution in [0.5, 0.6) is 0 Å². The summed E-state index contributed by atoms with van der Waals surface area (Å²) in [7, 11) is 0. The van der Waals surface area contributed by atoms with Crippen LogP contribution in [0.15, 0.2) is 0 Å². The van der Waals surface area contributed by atoms with Crippen molar-refractivity contribution in [2.45, 2.75) is 10.3 Å². The zero-order valence-electron chi connectivity index (χ0n) is 12.6. The maximum atomic E-state index is 5.90. The van der Waals surface area contributed by atoms with Crippen molar-refractivity contribution in [2.24, 2.45) is 16.9 Å². The Morgan fingerprint density at radius 3 is 1.55 bits per heavy atom. The largest absolute Gasteiger partial charge is 0.330 e. The van der Waals surface area contributed by atoms with Crippen LogP contribution < -0.4 is 32.7 Å². The van der Waals surface area contributed by atoms with E-state index in [2.05, 4.69) is 50.8 Å². The number of hydrogen-bond donors (Lipinski definition) is 6. The van der Waals surface area contributed by atoms with Gasteiger partial charge in [-0.25, -0.2) is 0 Å². The zero-order valence-corrected chi connectivity index (χ0v) is 14.8. The first-order chi connectivity index (χ1) is 9.54. The standard InChI is InChI=1S/C13H31IN6/c1-12(6-15)8-17-2-4-19-10-13(14,7-16)11-20-5-3-18-9-12/h17-20H,2-11,15-16H2,1H3. The van der Waals surface area contributed by atoms with Crippen molar-refractivity contribution in [3.05, 3.63) is 0 Å². The minimum absolute atomic E-state index is 0.0909. The molecule has 0 aliphatic carbocycles. The molecule has 7 heteroatoms. The topological polar surface area (TPSA) is 100 Å². The van der Waals surface area contributed by atoms with Gasteiger partial charge in [0.05, 0.1) is 3.42 Å². The van der Waals surface area contributed by atoms with E-state index in [1.54, 1.807) is 0 Å². The fraction of sp³-hybridized carbons (Fsp3) is 1.00. The molecule has 1 aliphatic rings. The van der Waals surface area contributed by atoms with Crippen LogP contribution in [0.3, 0.4) is 0 Å². The first kappa shape index (κ1) is 18.5. The third kappa shape index (κ3) is 6.97. The molecule has 0 atom stereocenters. The van der Waals surface area contributed by atoms with Gasteiger partial charge in [0.15, 0.2) is 0 Å². The van der Waals surface area contributed by atoms with Gasteiger partial charge in [0, 0.05) is 70.9 Å². The second kappa shape index (κ2) is 9.50. The van der Waals surface area contributed by atoms with Gasteiger partial charge < -0.3 is 32.7 Å². The molecule has 20 heavy (non-hydrogen) atoms. The second-order valence-electron chi connectivity index (χ2n) is 6.08. The Labute approximate surface area is 136 Å². The normalized spacial score (nSPS) is 35.4. The summed E-state index contributed by atoms with van der Waals surface area (Å²) in [4.78, 5) is 0. The lowest BCUT2D eigenvalue weighted by atomic mass is 9.90. The van der Waals surface area contributed by atoms with Crippen molar-refractivity contribution in [1.82, 2.24) is 21.3 Å². The van der Waals surface area contributed by atoms with E-state index in [0.717, 1.165) is 52.4 Å². The number of hydrogen-bond acceptors (Lipinski definition) is 6. The number of nitrogens with two attached hydrogens (primary N) is 2. The highest BCUT2D eigenvalue weighted by atomic mass is 127. The van der Waals surface area contributed by atoms with Crippen molar-refractivity contribution >= 4 is 22.6 Å². The monoisotopic (exact) mass is 398 g/mol. The molecule has 0 aromatic carbocycles. The Balaban J connectivity index is 2.45. The maximum absolute atomic E-state index is 5.90. The molecule has 0 unspecified atom stereocenters. The minimum Gasteiger partial charge on any atom is -0.330 e. The molecule has 1 fully saturated rings. The van der Waals surface area contributed by atoms with Gasteiger partial charge in [0.25, 0.3) is 0 Å². The first-order valence-electron chi connectivity index (χ1n) is 7.46. The third-order valence-corrected chi connectivity index (χ3v) is 5.01. The maximum Gasteiger partial charge on any atom is 0.0592 e. The Morgan fingerprint density at radius 2 is 1.20 bits per heavy atom. The van der Waals surface area contributed by atoms with Crippen LogP contribution in [0, 0.1) is 5.41 Å². The number of nitrogens with one attached hydrogen (secondary N) is 4. The Morgan fingerprint density at radius 1 is 0.800 bits per heavy atom. The highest BCUT2D eigenvalue weighted by molar-refractivity contribution is 14.1. The molecule has 0 aromatic heterocycles. The van der Waals surface area contributed by atoms with Gasteiger partial charge in [0.2, 0.25) is 0 Å². The molecule has 0 aromatic rings. The molecule has 0 radical (unpaired) electrons. The van der Waals surface area contributed by atoms with Crippen LogP contribution >= 0.6 is 22.6 Å². The van der Waals surface area contributed by atoms with E-state index < -0.39 is 0 Å². The molecule has 1 aliphatic heterocycles. The smallest absolute Gasteiger partial charge is 0.0592 e. The van der Waals surface area contributed by atoms with Crippen LogP contribution in [-0.2, 0) is 0 Å². The molecule has 6 nitrogen and oxygen atoms in total. The average Bonchev–Trinajstić information content (AvgIpc) is 2.46. The molecular formula is C13H31IN6. The second-order valence-corrected chi connectivity index (χ2v) is 8.37. The minimum atomic E-state index is 0.0909. The van der Waals surface area contributed by atoms with Crippen LogP contribution in [0.2, 0.25) is 0 Å². The molecule has 0 saturated carbocycles. The molecular weight excluding hydrogens is 367 g/mol. The summed E-state index contributed by atoms with van der Waals surface area (Å²) in [6, 6.07) is 0. The summed E-state index contributed by atoms with van der Waals surface area (Å²) in [6.07, 6.45) is 0. The van der Waals surface area contributed by atoms with Crippen molar-refractivity contribution < 1.29 is 0 Å². The molecule has 120 valence electrons. The van der Waals surface area contributed by atoms with E-state index in [1.165, 1.54) is 0 Å². The number of alkyl halides is 1. The van der Waals surface area contributed by atoms with Crippen LogP contribution in [0.4, 0.5) is 0 Å². The summed E-state index contributed by atoms with van der Waals surface area (Å²) >= 11 is 2.47. The summed E-state index contributed by atoms with van der Waals surface area (Å²) in [5.41, 5.74) is 11.9. The molecule has 1 rings (SSSR count). The lowest BCUT2D eigenvalue weighted by molar-refractivity contribution is 0.296. The quantitative estimate of drug-likeness (QED) is 0.249. The Hall–Kier alpha value is 0.490. The van der Waals surface area contributed by atoms with Crippen LogP contribution in [0.25, 0.3) is 0 Å². The predicted molar refractivity (Wildman–Crippen MR) is 94.4 cm³/mol. The Bertz CT molecular complexity index is 221. The van der Waals surface area contributed by atoms with Crippen LogP contribution in [-0.4, -0.2) is 68.9 Å². The van der Waals surface area contributed by atoms with Gasteiger partial charge >= 0.3 is 0 Å². The third-order valence-electron chi connectivity index (χ3n) is 3.80. The lowest BCUT2D eigenvalue weighted by Crippen LogP contribution is -2.52. The Kier molecular flexibility index (Phi) is 8.80. The van der Waals surface area contributed by atoms with Gasteiger partial charge in [-0.3, -0.25) is 0 Å². The van der Waals surface area contributed by atoms with E-state index in [0.29, 0.717) is 13.1 Å². The number of halogens is 1. The summed E-state index contributed by atoms with van der Waals surface area (Å²) in [6.45, 7) is 11.2. The summed E-state index contributed by atoms with van der Waals surface area (Å²) < 4.78 is 0.0909. The predicted octanol–water partition coefficient (Wildman–Crippen LogP) is -1.54. The molecule has 0 bridgehead atoms. The molecule has 0 amide bonds. The van der Waals surface area contributed by atoms with E-state index in [9.17, 15) is 0 Å². The highest BCUT2D eigenvalue weighted by Crippen LogP contribution is 2.15. The fourth-order valence-corrected chi connectivity index (χ4v) is 2.71. The van der Waals surface area contributed by atoms with Gasteiger partial charge in [-0.1, -0.05) is 29.5 Å². The summed E-state index contributed by atoms with van der Waals surface area (Å²) in [5.74, 6) is 0. The van der Waals surface area contributed by atoms with Gasteiger partial charge in [-0.2, -0.15) is 0 Å². The van der Waals surface area contributed by atoms with E-state index in [4.69, 9.17) is 11.5 Å². The van der Waals surface area contributed by atoms with Crippen molar-refractivity contribution in [2.75, 3.05) is 65.4 Å². The van der Waals surface area contributed by atoms with Crippen molar-refractivity contribution in [3.63, 3.8) is 0 Å². The molecule has 1 saturated heterocycles. The van der Waals surface area contributed by atoms with E-state index >= 15 is 0 Å².